The van der Waals surface area contributed by atoms with Gasteiger partial charge < -0.3 is 10.2 Å². The second-order valence-corrected chi connectivity index (χ2v) is 6.05. The summed E-state index contributed by atoms with van der Waals surface area (Å²) in [6.07, 6.45) is 2.36. The van der Waals surface area contributed by atoms with Crippen molar-refractivity contribution in [2.45, 2.75) is 26.3 Å². The molecule has 0 radical (unpaired) electrons. The molecular formula is C19H22FN3. The monoisotopic (exact) mass is 311 g/mol. The second kappa shape index (κ2) is 6.82. The molecule has 2 aromatic rings. The van der Waals surface area contributed by atoms with Gasteiger partial charge in [0, 0.05) is 30.9 Å². The van der Waals surface area contributed by atoms with Gasteiger partial charge in [0.25, 0.3) is 0 Å². The van der Waals surface area contributed by atoms with Crippen LogP contribution >= 0.6 is 0 Å². The minimum atomic E-state index is -0.210. The lowest BCUT2D eigenvalue weighted by Gasteiger charge is -2.18. The van der Waals surface area contributed by atoms with Crippen LogP contribution in [0, 0.1) is 18.2 Å². The van der Waals surface area contributed by atoms with Crippen molar-refractivity contribution in [3.63, 3.8) is 0 Å². The minimum Gasteiger partial charge on any atom is -0.381 e. The summed E-state index contributed by atoms with van der Waals surface area (Å²) in [6, 6.07) is 12.9. The Kier molecular flexibility index (Phi) is 4.60. The fraction of sp³-hybridized carbons (Fsp3) is 0.316. The van der Waals surface area contributed by atoms with Crippen LogP contribution in [0.1, 0.15) is 29.5 Å². The molecule has 2 N–H and O–H groups in total. The second-order valence-electron chi connectivity index (χ2n) is 6.05. The lowest BCUT2D eigenvalue weighted by molar-refractivity contribution is 0.517. The Balaban J connectivity index is 1.62. The quantitative estimate of drug-likeness (QED) is 0.657. The van der Waals surface area contributed by atoms with E-state index >= 15 is 0 Å². The molecule has 1 aliphatic heterocycles. The minimum absolute atomic E-state index is 0.210. The number of hydrogen-bond donors (Lipinski definition) is 2. The van der Waals surface area contributed by atoms with Gasteiger partial charge in [0.1, 0.15) is 11.7 Å². The van der Waals surface area contributed by atoms with E-state index in [1.165, 1.54) is 25.0 Å². The summed E-state index contributed by atoms with van der Waals surface area (Å²) in [6.45, 7) is 4.56. The van der Waals surface area contributed by atoms with Crippen molar-refractivity contribution in [2.24, 2.45) is 0 Å². The zero-order valence-electron chi connectivity index (χ0n) is 13.4. The third kappa shape index (κ3) is 3.70. The Morgan fingerprint density at radius 2 is 1.83 bits per heavy atom. The zero-order valence-corrected chi connectivity index (χ0v) is 13.4. The molecule has 2 aromatic carbocycles. The zero-order chi connectivity index (χ0) is 16.2. The highest BCUT2D eigenvalue weighted by atomic mass is 19.1. The maximum absolute atomic E-state index is 13.1. The SMILES string of the molecule is Cc1cc(F)ccc1NCc1ccc(C(=N)N2CCCC2)cc1. The standard InChI is InChI=1S/C19H22FN3/c1-14-12-17(20)8-9-18(14)22-13-15-4-6-16(7-5-15)19(21)23-10-2-3-11-23/h4-9,12,21-22H,2-3,10-11,13H2,1H3. The van der Waals surface area contributed by atoms with Crippen LogP contribution in [0.25, 0.3) is 0 Å². The molecule has 120 valence electrons. The van der Waals surface area contributed by atoms with Crippen LogP contribution in [0.4, 0.5) is 10.1 Å². The van der Waals surface area contributed by atoms with Gasteiger partial charge in [-0.25, -0.2) is 4.39 Å². The molecular weight excluding hydrogens is 289 g/mol. The van der Waals surface area contributed by atoms with E-state index in [-0.39, 0.29) is 5.82 Å². The van der Waals surface area contributed by atoms with Crippen LogP contribution in [0.2, 0.25) is 0 Å². The number of aryl methyl sites for hydroxylation is 1. The topological polar surface area (TPSA) is 39.1 Å². The van der Waals surface area contributed by atoms with Gasteiger partial charge in [-0.3, -0.25) is 5.41 Å². The molecule has 1 aliphatic rings. The molecule has 0 aliphatic carbocycles. The summed E-state index contributed by atoms with van der Waals surface area (Å²) in [4.78, 5) is 2.13. The van der Waals surface area contributed by atoms with E-state index < -0.39 is 0 Å². The molecule has 23 heavy (non-hydrogen) atoms. The van der Waals surface area contributed by atoms with Crippen LogP contribution in [-0.4, -0.2) is 23.8 Å². The van der Waals surface area contributed by atoms with Crippen LogP contribution in [0.5, 0.6) is 0 Å². The molecule has 0 spiro atoms. The van der Waals surface area contributed by atoms with E-state index in [9.17, 15) is 4.39 Å². The number of halogens is 1. The number of likely N-dealkylation sites (tertiary alicyclic amines) is 1. The third-order valence-electron chi connectivity index (χ3n) is 4.32. The Labute approximate surface area is 136 Å². The molecule has 0 bridgehead atoms. The van der Waals surface area contributed by atoms with E-state index in [1.54, 1.807) is 6.07 Å². The number of rotatable bonds is 4. The van der Waals surface area contributed by atoms with E-state index in [1.807, 2.05) is 31.2 Å². The Bertz CT molecular complexity index is 688. The number of amidine groups is 1. The molecule has 1 saturated heterocycles. The molecule has 0 amide bonds. The van der Waals surface area contributed by atoms with Gasteiger partial charge in [-0.2, -0.15) is 0 Å². The first kappa shape index (κ1) is 15.5. The first-order valence-corrected chi connectivity index (χ1v) is 8.06. The van der Waals surface area contributed by atoms with E-state index in [4.69, 9.17) is 5.41 Å². The van der Waals surface area contributed by atoms with Gasteiger partial charge in [0.05, 0.1) is 0 Å². The highest BCUT2D eigenvalue weighted by Crippen LogP contribution is 2.18. The highest BCUT2D eigenvalue weighted by molar-refractivity contribution is 5.96. The third-order valence-corrected chi connectivity index (χ3v) is 4.32. The summed E-state index contributed by atoms with van der Waals surface area (Å²) < 4.78 is 13.1. The van der Waals surface area contributed by atoms with Gasteiger partial charge in [-0.1, -0.05) is 24.3 Å². The number of nitrogens with zero attached hydrogens (tertiary/aromatic N) is 1. The molecule has 3 rings (SSSR count). The molecule has 0 unspecified atom stereocenters. The van der Waals surface area contributed by atoms with Gasteiger partial charge in [-0.15, -0.1) is 0 Å². The molecule has 0 aromatic heterocycles. The van der Waals surface area contributed by atoms with Crippen molar-refractivity contribution in [2.75, 3.05) is 18.4 Å². The summed E-state index contributed by atoms with van der Waals surface area (Å²) >= 11 is 0. The lowest BCUT2D eigenvalue weighted by Crippen LogP contribution is -2.27. The Morgan fingerprint density at radius 3 is 2.48 bits per heavy atom. The average molecular weight is 311 g/mol. The van der Waals surface area contributed by atoms with Crippen molar-refractivity contribution in [3.05, 3.63) is 65.0 Å². The van der Waals surface area contributed by atoms with Gasteiger partial charge in [0.15, 0.2) is 0 Å². The van der Waals surface area contributed by atoms with Crippen LogP contribution < -0.4 is 5.32 Å². The first-order valence-electron chi connectivity index (χ1n) is 8.06. The van der Waals surface area contributed by atoms with Crippen molar-refractivity contribution >= 4 is 11.5 Å². The maximum atomic E-state index is 13.1. The first-order chi connectivity index (χ1) is 11.1. The summed E-state index contributed by atoms with van der Waals surface area (Å²) in [7, 11) is 0. The Morgan fingerprint density at radius 1 is 1.13 bits per heavy atom. The summed E-state index contributed by atoms with van der Waals surface area (Å²) in [5.74, 6) is 0.411. The smallest absolute Gasteiger partial charge is 0.128 e. The normalized spacial score (nSPS) is 14.1. The fourth-order valence-electron chi connectivity index (χ4n) is 2.93. The van der Waals surface area contributed by atoms with Gasteiger partial charge in [0.2, 0.25) is 0 Å². The number of hydrogen-bond acceptors (Lipinski definition) is 2. The summed E-state index contributed by atoms with van der Waals surface area (Å²) in [5, 5.41) is 11.6. The molecule has 3 nitrogen and oxygen atoms in total. The predicted octanol–water partition coefficient (Wildman–Crippen LogP) is 4.17. The lowest BCUT2D eigenvalue weighted by atomic mass is 10.1. The number of nitrogens with one attached hydrogen (secondary N) is 2. The van der Waals surface area contributed by atoms with E-state index in [0.717, 1.165) is 35.5 Å². The molecule has 0 atom stereocenters. The predicted molar refractivity (Wildman–Crippen MR) is 92.5 cm³/mol. The Hall–Kier alpha value is -2.36. The maximum Gasteiger partial charge on any atom is 0.128 e. The van der Waals surface area contributed by atoms with Gasteiger partial charge >= 0.3 is 0 Å². The highest BCUT2D eigenvalue weighted by Gasteiger charge is 2.15. The summed E-state index contributed by atoms with van der Waals surface area (Å²) in [5.41, 5.74) is 3.96. The number of anilines is 1. The van der Waals surface area contributed by atoms with E-state index in [0.29, 0.717) is 12.4 Å². The van der Waals surface area contributed by atoms with E-state index in [2.05, 4.69) is 10.2 Å². The molecule has 0 saturated carbocycles. The van der Waals surface area contributed by atoms with Crippen molar-refractivity contribution in [1.29, 1.82) is 5.41 Å². The fourth-order valence-corrected chi connectivity index (χ4v) is 2.93. The number of benzene rings is 2. The van der Waals surface area contributed by atoms with Crippen LogP contribution in [-0.2, 0) is 6.54 Å². The van der Waals surface area contributed by atoms with Crippen LogP contribution in [0.3, 0.4) is 0 Å². The average Bonchev–Trinajstić information content (AvgIpc) is 3.08. The largest absolute Gasteiger partial charge is 0.381 e. The van der Waals surface area contributed by atoms with Crippen molar-refractivity contribution in [3.8, 4) is 0 Å². The van der Waals surface area contributed by atoms with Crippen LogP contribution in [0.15, 0.2) is 42.5 Å². The molecule has 1 fully saturated rings. The van der Waals surface area contributed by atoms with Crippen molar-refractivity contribution in [1.82, 2.24) is 4.90 Å². The molecule has 1 heterocycles. The van der Waals surface area contributed by atoms with Crippen molar-refractivity contribution < 1.29 is 4.39 Å². The molecule has 4 heteroatoms. The van der Waals surface area contributed by atoms with Gasteiger partial charge in [-0.05, 0) is 49.1 Å².